The number of benzene rings is 2. The first-order chi connectivity index (χ1) is 13.6. The van der Waals surface area contributed by atoms with Gasteiger partial charge in [0.1, 0.15) is 11.5 Å². The molecule has 1 aliphatic rings. The second-order valence-electron chi connectivity index (χ2n) is 6.64. The second kappa shape index (κ2) is 9.12. The maximum atomic E-state index is 12.4. The first-order valence-corrected chi connectivity index (χ1v) is 9.25. The van der Waals surface area contributed by atoms with Crippen LogP contribution >= 0.6 is 0 Å². The fraction of sp³-hybridized carbons (Fsp3) is 0.333. The minimum absolute atomic E-state index is 0.201. The van der Waals surface area contributed by atoms with Crippen molar-refractivity contribution in [3.05, 3.63) is 53.6 Å². The van der Waals surface area contributed by atoms with Crippen LogP contribution in [0, 0.1) is 0 Å². The number of ether oxygens (including phenoxy) is 2. The number of urea groups is 1. The maximum Gasteiger partial charge on any atom is 0.319 e. The van der Waals surface area contributed by atoms with E-state index in [-0.39, 0.29) is 18.0 Å². The highest BCUT2D eigenvalue weighted by atomic mass is 16.5. The van der Waals surface area contributed by atoms with Gasteiger partial charge in [0.25, 0.3) is 5.91 Å². The Morgan fingerprint density at radius 2 is 1.89 bits per heavy atom. The lowest BCUT2D eigenvalue weighted by molar-refractivity contribution is 0.0954. The number of carbonyl (C=O) groups is 2. The molecule has 2 aromatic carbocycles. The van der Waals surface area contributed by atoms with Crippen LogP contribution in [0.3, 0.4) is 0 Å². The lowest BCUT2D eigenvalue weighted by Crippen LogP contribution is -2.30. The van der Waals surface area contributed by atoms with Crippen molar-refractivity contribution in [2.24, 2.45) is 0 Å². The molecule has 0 radical (unpaired) electrons. The summed E-state index contributed by atoms with van der Waals surface area (Å²) in [6.45, 7) is 0.447. The number of nitrogens with one attached hydrogen (secondary N) is 3. The molecular formula is C21H25N3O4. The van der Waals surface area contributed by atoms with Crippen molar-refractivity contribution in [3.63, 3.8) is 0 Å². The molecule has 7 heteroatoms. The highest BCUT2D eigenvalue weighted by Gasteiger charge is 2.23. The number of hydrogen-bond acceptors (Lipinski definition) is 4. The first kappa shape index (κ1) is 19.5. The van der Waals surface area contributed by atoms with Gasteiger partial charge in [0.2, 0.25) is 0 Å². The summed E-state index contributed by atoms with van der Waals surface area (Å²) >= 11 is 0. The molecule has 3 amide bonds. The van der Waals surface area contributed by atoms with Crippen LogP contribution in [0.5, 0.6) is 11.5 Å². The second-order valence-corrected chi connectivity index (χ2v) is 6.64. The minimum atomic E-state index is -0.245. The summed E-state index contributed by atoms with van der Waals surface area (Å²) in [5, 5.41) is 8.50. The standard InChI is InChI=1S/C21H25N3O4/c1-27-18-8-9-19(28-2)14(13-18)10-11-22-20(25)15-4-3-5-17(12-15)24-21(26)23-16-6-7-16/h3-5,8-9,12-13,16H,6-7,10-11H2,1-2H3,(H,22,25)(H2,23,24,26). The van der Waals surface area contributed by atoms with Crippen LogP contribution in [0.25, 0.3) is 0 Å². The zero-order chi connectivity index (χ0) is 19.9. The van der Waals surface area contributed by atoms with Crippen LogP contribution in [-0.2, 0) is 6.42 Å². The third kappa shape index (κ3) is 5.39. The van der Waals surface area contributed by atoms with E-state index < -0.39 is 0 Å². The fourth-order valence-electron chi connectivity index (χ4n) is 2.81. The van der Waals surface area contributed by atoms with Crippen LogP contribution in [0.15, 0.2) is 42.5 Å². The third-order valence-electron chi connectivity index (χ3n) is 4.46. The predicted molar refractivity (Wildman–Crippen MR) is 107 cm³/mol. The number of anilines is 1. The van der Waals surface area contributed by atoms with Crippen molar-refractivity contribution >= 4 is 17.6 Å². The number of hydrogen-bond donors (Lipinski definition) is 3. The van der Waals surface area contributed by atoms with E-state index in [0.717, 1.165) is 29.9 Å². The summed E-state index contributed by atoms with van der Waals surface area (Å²) in [4.78, 5) is 24.3. The van der Waals surface area contributed by atoms with E-state index in [4.69, 9.17) is 9.47 Å². The molecule has 0 unspecified atom stereocenters. The van der Waals surface area contributed by atoms with Gasteiger partial charge in [0.15, 0.2) is 0 Å². The molecule has 1 saturated carbocycles. The van der Waals surface area contributed by atoms with E-state index in [9.17, 15) is 9.59 Å². The van der Waals surface area contributed by atoms with Crippen molar-refractivity contribution in [3.8, 4) is 11.5 Å². The monoisotopic (exact) mass is 383 g/mol. The summed E-state index contributed by atoms with van der Waals surface area (Å²) in [6.07, 6.45) is 2.65. The Morgan fingerprint density at radius 3 is 2.61 bits per heavy atom. The number of methoxy groups -OCH3 is 2. The average molecular weight is 383 g/mol. The molecule has 0 heterocycles. The molecule has 1 aliphatic carbocycles. The van der Waals surface area contributed by atoms with Gasteiger partial charge in [-0.1, -0.05) is 6.07 Å². The van der Waals surface area contributed by atoms with Gasteiger partial charge in [-0.25, -0.2) is 4.79 Å². The average Bonchev–Trinajstić information content (AvgIpc) is 3.51. The van der Waals surface area contributed by atoms with Gasteiger partial charge in [-0.05, 0) is 61.2 Å². The Kier molecular flexibility index (Phi) is 6.37. The molecule has 0 atom stereocenters. The first-order valence-electron chi connectivity index (χ1n) is 9.25. The lowest BCUT2D eigenvalue weighted by atomic mass is 10.1. The normalized spacial score (nSPS) is 12.8. The Morgan fingerprint density at radius 1 is 1.07 bits per heavy atom. The van der Waals surface area contributed by atoms with E-state index in [1.807, 2.05) is 18.2 Å². The number of amides is 3. The molecule has 0 spiro atoms. The smallest absolute Gasteiger partial charge is 0.319 e. The van der Waals surface area contributed by atoms with Crippen molar-refractivity contribution < 1.29 is 19.1 Å². The largest absolute Gasteiger partial charge is 0.497 e. The molecule has 0 aromatic heterocycles. The van der Waals surface area contributed by atoms with Crippen LogP contribution in [0.1, 0.15) is 28.8 Å². The van der Waals surface area contributed by atoms with Crippen LogP contribution in [0.2, 0.25) is 0 Å². The number of rotatable bonds is 8. The predicted octanol–water partition coefficient (Wildman–Crippen LogP) is 2.96. The van der Waals surface area contributed by atoms with Gasteiger partial charge in [0.05, 0.1) is 14.2 Å². The van der Waals surface area contributed by atoms with E-state index in [2.05, 4.69) is 16.0 Å². The summed E-state index contributed by atoms with van der Waals surface area (Å²) in [5.41, 5.74) is 2.02. The Balaban J connectivity index is 1.54. The molecule has 1 fully saturated rings. The molecule has 2 aromatic rings. The van der Waals surface area contributed by atoms with Crippen molar-refractivity contribution in [2.45, 2.75) is 25.3 Å². The van der Waals surface area contributed by atoms with Gasteiger partial charge in [-0.15, -0.1) is 0 Å². The van der Waals surface area contributed by atoms with Gasteiger partial charge in [0, 0.05) is 23.8 Å². The topological polar surface area (TPSA) is 88.7 Å². The number of carbonyl (C=O) groups excluding carboxylic acids is 2. The highest BCUT2D eigenvalue weighted by molar-refractivity contribution is 5.96. The molecule has 0 aliphatic heterocycles. The zero-order valence-electron chi connectivity index (χ0n) is 16.1. The summed E-state index contributed by atoms with van der Waals surface area (Å²) < 4.78 is 10.6. The van der Waals surface area contributed by atoms with Gasteiger partial charge < -0.3 is 25.4 Å². The third-order valence-corrected chi connectivity index (χ3v) is 4.46. The fourth-order valence-corrected chi connectivity index (χ4v) is 2.81. The Bertz CT molecular complexity index is 849. The summed E-state index contributed by atoms with van der Waals surface area (Å²) in [6, 6.07) is 12.5. The Labute approximate surface area is 164 Å². The summed E-state index contributed by atoms with van der Waals surface area (Å²) in [7, 11) is 3.22. The van der Waals surface area contributed by atoms with Crippen LogP contribution < -0.4 is 25.4 Å². The van der Waals surface area contributed by atoms with Gasteiger partial charge >= 0.3 is 6.03 Å². The quantitative estimate of drug-likeness (QED) is 0.654. The Hall–Kier alpha value is -3.22. The molecule has 7 nitrogen and oxygen atoms in total. The zero-order valence-corrected chi connectivity index (χ0v) is 16.1. The lowest BCUT2D eigenvalue weighted by Gasteiger charge is -2.12. The van der Waals surface area contributed by atoms with Crippen molar-refractivity contribution in [1.29, 1.82) is 0 Å². The molecule has 3 rings (SSSR count). The van der Waals surface area contributed by atoms with E-state index in [1.54, 1.807) is 38.5 Å². The van der Waals surface area contributed by atoms with Gasteiger partial charge in [-0.2, -0.15) is 0 Å². The van der Waals surface area contributed by atoms with Crippen molar-refractivity contribution in [1.82, 2.24) is 10.6 Å². The van der Waals surface area contributed by atoms with Gasteiger partial charge in [-0.3, -0.25) is 4.79 Å². The maximum absolute atomic E-state index is 12.4. The van der Waals surface area contributed by atoms with Crippen LogP contribution in [-0.4, -0.2) is 38.7 Å². The molecular weight excluding hydrogens is 358 g/mol. The molecule has 148 valence electrons. The van der Waals surface area contributed by atoms with Crippen molar-refractivity contribution in [2.75, 3.05) is 26.1 Å². The molecule has 0 saturated heterocycles. The SMILES string of the molecule is COc1ccc(OC)c(CCNC(=O)c2cccc(NC(=O)NC3CC3)c2)c1. The highest BCUT2D eigenvalue weighted by Crippen LogP contribution is 2.24. The van der Waals surface area contributed by atoms with E-state index in [0.29, 0.717) is 24.2 Å². The summed E-state index contributed by atoms with van der Waals surface area (Å²) in [5.74, 6) is 1.29. The van der Waals surface area contributed by atoms with E-state index >= 15 is 0 Å². The van der Waals surface area contributed by atoms with Crippen LogP contribution in [0.4, 0.5) is 10.5 Å². The molecule has 3 N–H and O–H groups in total. The molecule has 28 heavy (non-hydrogen) atoms. The van der Waals surface area contributed by atoms with E-state index in [1.165, 1.54) is 0 Å². The molecule has 0 bridgehead atoms. The minimum Gasteiger partial charge on any atom is -0.497 e.